The summed E-state index contributed by atoms with van der Waals surface area (Å²) in [5.74, 6) is 6.72. The molecule has 0 saturated heterocycles. The summed E-state index contributed by atoms with van der Waals surface area (Å²) < 4.78 is 0. The van der Waals surface area contributed by atoms with Crippen LogP contribution < -0.4 is 0 Å². The van der Waals surface area contributed by atoms with Crippen molar-refractivity contribution in [3.05, 3.63) is 70.3 Å². The third-order valence-corrected chi connectivity index (χ3v) is 28.0. The van der Waals surface area contributed by atoms with Crippen molar-refractivity contribution < 1.29 is 26.1 Å². The first kappa shape index (κ1) is 91.9. The van der Waals surface area contributed by atoms with Crippen molar-refractivity contribution in [3.8, 4) is 0 Å². The molecular weight excluding hydrogens is 1210 g/mol. The average molecular weight is 1310 g/mol. The number of amides is 1. The van der Waals surface area contributed by atoms with E-state index in [1.807, 2.05) is 19.1 Å². The number of halogens is 1. The van der Waals surface area contributed by atoms with Gasteiger partial charge in [-0.2, -0.15) is 35.4 Å². The van der Waals surface area contributed by atoms with E-state index >= 15 is 0 Å². The summed E-state index contributed by atoms with van der Waals surface area (Å²) >= 11 is 0. The van der Waals surface area contributed by atoms with Crippen molar-refractivity contribution in [2.45, 2.75) is 203 Å². The van der Waals surface area contributed by atoms with Crippen molar-refractivity contribution in [3.63, 3.8) is 0 Å². The Kier molecular flexibility index (Phi) is 34.6. The van der Waals surface area contributed by atoms with Crippen LogP contribution in [0.4, 0.5) is 0 Å². The number of fused-ring (bicyclic) bond motifs is 10. The predicted molar refractivity (Wildman–Crippen MR) is 460 cm³/mol. The molecule has 99 heavy (non-hydrogen) atoms. The fourth-order valence-electron chi connectivity index (χ4n) is 22.3. The minimum atomic E-state index is -1.07. The minimum Gasteiger partial charge on any atom is -1.00 e. The van der Waals surface area contributed by atoms with E-state index in [0.29, 0.717) is 40.3 Å². The molecule has 0 heterocycles. The number of carbonyl (C=O) groups is 2. The molecule has 2 aromatic rings. The van der Waals surface area contributed by atoms with E-state index in [-0.39, 0.29) is 72.9 Å². The Balaban J connectivity index is 0.000000362. The maximum atomic E-state index is 13.7. The molecule has 0 bridgehead atoms. The maximum Gasteiger partial charge on any atom is 2.00 e. The van der Waals surface area contributed by atoms with Gasteiger partial charge in [-0.15, -0.1) is 12.4 Å². The Morgan fingerprint density at radius 1 is 0.475 bits per heavy atom. The predicted octanol–water partition coefficient (Wildman–Crippen LogP) is 2.78. The van der Waals surface area contributed by atoms with E-state index < -0.39 is 101 Å². The first-order chi connectivity index (χ1) is 44.5. The molecule has 0 spiro atoms. The summed E-state index contributed by atoms with van der Waals surface area (Å²) in [4.78, 5) is 31.8. The van der Waals surface area contributed by atoms with Crippen LogP contribution in [-0.4, -0.2) is 289 Å². The second kappa shape index (κ2) is 37.2. The number of hydroxylamine groups is 2. The van der Waals surface area contributed by atoms with Crippen LogP contribution in [-0.2, 0) is 9.63 Å². The minimum absolute atomic E-state index is 0. The van der Waals surface area contributed by atoms with Gasteiger partial charge in [-0.3, -0.25) is 14.4 Å². The van der Waals surface area contributed by atoms with Gasteiger partial charge in [-0.25, -0.2) is 5.06 Å². The third-order valence-electron chi connectivity index (χ3n) is 28.0. The summed E-state index contributed by atoms with van der Waals surface area (Å²) in [6, 6.07) is 15.3. The topological polar surface area (TPSA) is 87.1 Å². The van der Waals surface area contributed by atoms with Gasteiger partial charge in [0.2, 0.25) is 5.91 Å². The molecule has 2 N–H and O–H groups in total. The van der Waals surface area contributed by atoms with E-state index in [1.165, 1.54) is 104 Å². The van der Waals surface area contributed by atoms with Gasteiger partial charge in [0.05, 0.1) is 18.3 Å². The number of benzene rings is 2. The van der Waals surface area contributed by atoms with Crippen LogP contribution in [0.2, 0.25) is 0 Å². The number of hydrogen-bond acceptors (Lipinski definition) is 5. The van der Waals surface area contributed by atoms with Crippen molar-refractivity contribution in [2.24, 2.45) is 80.8 Å². The smallest absolute Gasteiger partial charge is 1.00 e. The number of carbonyl (C=O) groups excluding carboxylic acids is 2. The Morgan fingerprint density at radius 3 is 1.16 bits per heavy atom. The molecule has 16 atom stereocenters. The van der Waals surface area contributed by atoms with Crippen LogP contribution in [0, 0.1) is 115 Å². The van der Waals surface area contributed by atoms with E-state index in [0.717, 1.165) is 67.8 Å². The molecule has 474 valence electrons. The zero-order chi connectivity index (χ0) is 71.9. The fraction of sp³-hybridized carbons (Fsp3) is 0.770. The van der Waals surface area contributed by atoms with Crippen molar-refractivity contribution in [1.29, 1.82) is 0 Å². The van der Waals surface area contributed by atoms with Crippen LogP contribution >= 0.6 is 12.4 Å². The SMILES string of the molecule is C.CON(C)C(=O)[C@H]1CC[C@H]2[C@@H]3CC[C@H]4C[C@](C)(O)CC[C@]4(C)[C@H]3CC[C@]12C.Cc1c[c-]ccc1C.Cc1ccc(C(=O)[C@H]2CC[C@H]3[C@@H]4CC[C@H]5C[C@](C)(O)CC[C@]5(C)[C@H]4CC[C@]23C)cc1C.Cl.[B]B([B])B(B([B])[B])B(B(B([B])[B])B([B])[B])B(B(B([B])[B])B([B])[B])B(B([B])[B])B([B])[B].[H-].[Mg+2]. The molecule has 0 aliphatic heterocycles. The van der Waals surface area contributed by atoms with Gasteiger partial charge >= 0.3 is 23.1 Å². The Bertz CT molecular complexity index is 2790. The third kappa shape index (κ3) is 19.9. The van der Waals surface area contributed by atoms with Crippen LogP contribution in [0.5, 0.6) is 0 Å². The summed E-state index contributed by atoms with van der Waals surface area (Å²) in [5, 5.41) is 22.8. The first-order valence-corrected chi connectivity index (χ1v) is 36.5. The van der Waals surface area contributed by atoms with Gasteiger partial charge in [-0.1, -0.05) is 61.1 Å². The van der Waals surface area contributed by atoms with E-state index in [2.05, 4.69) is 92.6 Å². The fourth-order valence-corrected chi connectivity index (χ4v) is 22.3. The van der Waals surface area contributed by atoms with Gasteiger partial charge in [-0.05, 0) is 229 Å². The summed E-state index contributed by atoms with van der Waals surface area (Å²) in [7, 11) is 99.7. The molecule has 8 aliphatic rings. The molecular formula is C61H96B30ClMgNO5. The van der Waals surface area contributed by atoms with Crippen LogP contribution in [0.1, 0.15) is 199 Å². The van der Waals surface area contributed by atoms with Crippen LogP contribution in [0.3, 0.4) is 0 Å². The number of ketones is 1. The molecule has 0 aromatic heterocycles. The second-order valence-corrected chi connectivity index (χ2v) is 33.8. The van der Waals surface area contributed by atoms with Crippen molar-refractivity contribution >= 4 is 260 Å². The zero-order valence-corrected chi connectivity index (χ0v) is 64.2. The molecule has 10 rings (SSSR count). The first-order valence-electron chi connectivity index (χ1n) is 36.5. The molecule has 32 radical (unpaired) electrons. The Morgan fingerprint density at radius 2 is 0.828 bits per heavy atom. The van der Waals surface area contributed by atoms with Crippen LogP contribution in [0.25, 0.3) is 0 Å². The van der Waals surface area contributed by atoms with E-state index in [9.17, 15) is 19.8 Å². The van der Waals surface area contributed by atoms with Gasteiger partial charge < -0.3 is 11.6 Å². The van der Waals surface area contributed by atoms with Crippen molar-refractivity contribution in [1.82, 2.24) is 5.06 Å². The number of rotatable bonds is 17. The standard InChI is InChI=1S/C29H42O2.C23H39NO3.C8H9.CH4.B30.ClH.Mg.H/c1-18-6-7-20(16-19(18)2)26(30)25-11-10-23-22-9-8-21-17-27(3,31)14-15-28(21,4)24(22)12-13-29(23,25)5;1-21(26)12-13-22(2)15(14-21)6-7-16-17-8-9-19(20(25)24(4)27-5)23(17,3)11-10-18(16)22;1-7-5-3-4-6-8(7)2;;1-17(2)25(18(3)4)29(26(19(5)6)20(7)8)30(27(21(9)10)22(11)12)28(23(13)14)24(15)16;;;/h6-7,16,21-25,31H,8-15,17H2,1-5H3;15-19,26H,6-14H2,1-5H3;3,5-6H,1-2H3;1H4;;1H;;/q;;-1;;;;+2;-1/t21-,22-,23-,24-,25+,27+,28-,29-;15-,16-,17-,18-,19+,21+,22-,23-;;;;;;/m00....../s1. The summed E-state index contributed by atoms with van der Waals surface area (Å²) in [6.07, 6.45) is 7.10. The van der Waals surface area contributed by atoms with Gasteiger partial charge in [0.15, 0.2) is 5.78 Å². The molecule has 0 unspecified atom stereocenters. The largest absolute Gasteiger partial charge is 2.00 e. The summed E-state index contributed by atoms with van der Waals surface area (Å²) in [5.41, 5.74) is 6.24. The number of aryl methyl sites for hydroxylation is 4. The van der Waals surface area contributed by atoms with E-state index in [4.69, 9.17) is 129 Å². The number of hydrogen-bond donors (Lipinski definition) is 2. The van der Waals surface area contributed by atoms with E-state index in [1.54, 1.807) is 14.2 Å². The molecule has 8 fully saturated rings. The Labute approximate surface area is 654 Å². The van der Waals surface area contributed by atoms with Gasteiger partial charge in [0.1, 0.15) is 0 Å². The Hall–Kier alpha value is 0.464. The molecule has 38 heteroatoms. The molecule has 2 aromatic carbocycles. The monoisotopic (exact) mass is 1310 g/mol. The number of nitrogens with zero attached hydrogens (tertiary/aromatic N) is 1. The summed E-state index contributed by atoms with van der Waals surface area (Å²) in [6.45, 7) is 22.5. The van der Waals surface area contributed by atoms with Gasteiger partial charge in [0.25, 0.3) is 0 Å². The maximum absolute atomic E-state index is 13.7. The van der Waals surface area contributed by atoms with Gasteiger partial charge in [0, 0.05) is 238 Å². The molecule has 8 saturated carbocycles. The average Bonchev–Trinajstić information content (AvgIpc) is 1.36. The number of aliphatic hydroxyl groups is 2. The second-order valence-electron chi connectivity index (χ2n) is 33.8. The van der Waals surface area contributed by atoms with Crippen molar-refractivity contribution in [2.75, 3.05) is 14.2 Å². The quantitative estimate of drug-likeness (QED) is 0.110. The molecule has 8 aliphatic carbocycles. The zero-order valence-electron chi connectivity index (χ0n) is 63.0. The van der Waals surface area contributed by atoms with Crippen LogP contribution in [0.15, 0.2) is 36.4 Å². The normalized spacial score (nSPS) is 32.4. The molecule has 1 amide bonds. The number of Topliss-reactive ketones (excluding diaryl/α,β-unsaturated/α-hetero) is 1. The molecule has 6 nitrogen and oxygen atoms in total.